The van der Waals surface area contributed by atoms with E-state index in [1.165, 1.54) is 0 Å². The van der Waals surface area contributed by atoms with Crippen LogP contribution in [0, 0.1) is 12.3 Å². The third-order valence-electron chi connectivity index (χ3n) is 4.60. The summed E-state index contributed by atoms with van der Waals surface area (Å²) >= 11 is 0. The van der Waals surface area contributed by atoms with Gasteiger partial charge in [0.15, 0.2) is 5.82 Å². The Kier molecular flexibility index (Phi) is 6.05. The molecule has 0 aromatic carbocycles. The maximum absolute atomic E-state index is 12.5. The molecule has 2 aromatic heterocycles. The van der Waals surface area contributed by atoms with Gasteiger partial charge in [-0.15, -0.1) is 0 Å². The lowest BCUT2D eigenvalue weighted by atomic mass is 9.92. The van der Waals surface area contributed by atoms with Crippen molar-refractivity contribution >= 4 is 17.4 Å². The van der Waals surface area contributed by atoms with E-state index >= 15 is 0 Å². The molecule has 0 radical (unpaired) electrons. The fourth-order valence-corrected chi connectivity index (χ4v) is 3.37. The zero-order chi connectivity index (χ0) is 22.1. The molecule has 3 rings (SSSR count). The van der Waals surface area contributed by atoms with Crippen molar-refractivity contribution in [3.8, 4) is 0 Å². The smallest absolute Gasteiger partial charge is 0.361 e. The summed E-state index contributed by atoms with van der Waals surface area (Å²) in [4.78, 5) is 22.7. The number of nitrogens with zero attached hydrogens (tertiary/aromatic N) is 4. The number of aryl methyl sites for hydroxylation is 2. The first kappa shape index (κ1) is 22.0. The van der Waals surface area contributed by atoms with Gasteiger partial charge >= 0.3 is 6.18 Å². The molecule has 2 aromatic rings. The minimum Gasteiger partial charge on any atom is -0.361 e. The van der Waals surface area contributed by atoms with E-state index in [9.17, 15) is 18.0 Å². The third-order valence-corrected chi connectivity index (χ3v) is 4.60. The Balaban J connectivity index is 1.75. The number of amides is 1. The minimum atomic E-state index is -4.38. The lowest BCUT2D eigenvalue weighted by molar-refractivity contribution is -0.128. The highest BCUT2D eigenvalue weighted by atomic mass is 19.4. The number of hydrogen-bond donors (Lipinski definition) is 1. The molecule has 0 fully saturated rings. The van der Waals surface area contributed by atoms with Crippen LogP contribution < -0.4 is 10.2 Å². The minimum absolute atomic E-state index is 0.0891. The molecule has 0 saturated carbocycles. The zero-order valence-corrected chi connectivity index (χ0v) is 17.6. The van der Waals surface area contributed by atoms with Crippen LogP contribution in [0.1, 0.15) is 56.6 Å². The summed E-state index contributed by atoms with van der Waals surface area (Å²) in [5.74, 6) is 0.201. The lowest BCUT2D eigenvalue weighted by Crippen LogP contribution is -2.30. The van der Waals surface area contributed by atoms with Gasteiger partial charge in [0, 0.05) is 13.0 Å². The van der Waals surface area contributed by atoms with Crippen LogP contribution in [0.3, 0.4) is 0 Å². The number of alkyl halides is 3. The average molecular weight is 425 g/mol. The molecule has 0 atom stereocenters. The highest BCUT2D eigenvalue weighted by molar-refractivity contribution is 5.91. The molecule has 0 unspecified atom stereocenters. The van der Waals surface area contributed by atoms with Crippen molar-refractivity contribution < 1.29 is 22.5 Å². The monoisotopic (exact) mass is 425 g/mol. The van der Waals surface area contributed by atoms with Gasteiger partial charge in [0.1, 0.15) is 12.2 Å². The summed E-state index contributed by atoms with van der Waals surface area (Å²) in [6.07, 6.45) is -3.65. The molecule has 1 N–H and O–H groups in total. The van der Waals surface area contributed by atoms with Crippen molar-refractivity contribution in [3.63, 3.8) is 0 Å². The van der Waals surface area contributed by atoms with Gasteiger partial charge < -0.3 is 14.7 Å². The van der Waals surface area contributed by atoms with E-state index in [0.717, 1.165) is 29.8 Å². The van der Waals surface area contributed by atoms with Crippen molar-refractivity contribution in [2.24, 2.45) is 5.41 Å². The molecule has 0 bridgehead atoms. The first-order chi connectivity index (χ1) is 13.9. The Morgan fingerprint density at radius 1 is 1.27 bits per heavy atom. The van der Waals surface area contributed by atoms with Crippen LogP contribution in [-0.2, 0) is 24.2 Å². The number of hydrogen-bond acceptors (Lipinski definition) is 6. The molecule has 0 spiro atoms. The van der Waals surface area contributed by atoms with E-state index in [2.05, 4.69) is 20.4 Å². The largest absolute Gasteiger partial charge is 0.396 e. The van der Waals surface area contributed by atoms with Gasteiger partial charge in [-0.3, -0.25) is 4.79 Å². The average Bonchev–Trinajstić information content (AvgIpc) is 2.99. The molecular weight excluding hydrogens is 399 g/mol. The van der Waals surface area contributed by atoms with Crippen LogP contribution in [0.25, 0.3) is 0 Å². The quantitative estimate of drug-likeness (QED) is 0.773. The number of carbonyl (C=O) groups is 1. The number of aromatic nitrogens is 3. The predicted molar refractivity (Wildman–Crippen MR) is 105 cm³/mol. The second-order valence-corrected chi connectivity index (χ2v) is 8.83. The molecule has 1 aliphatic heterocycles. The second-order valence-electron chi connectivity index (χ2n) is 8.83. The van der Waals surface area contributed by atoms with E-state index in [-0.39, 0.29) is 29.6 Å². The number of carbonyl (C=O) groups excluding carboxylic acids is 1. The Morgan fingerprint density at radius 2 is 2.00 bits per heavy atom. The molecule has 1 aliphatic rings. The van der Waals surface area contributed by atoms with Crippen molar-refractivity contribution in [2.75, 3.05) is 16.8 Å². The fraction of sp³-hybridized carbons (Fsp3) is 0.600. The van der Waals surface area contributed by atoms with E-state index in [0.29, 0.717) is 18.8 Å². The molecule has 3 heterocycles. The molecule has 30 heavy (non-hydrogen) atoms. The summed E-state index contributed by atoms with van der Waals surface area (Å²) in [7, 11) is 0. The maximum Gasteiger partial charge on any atom is 0.396 e. The van der Waals surface area contributed by atoms with Gasteiger partial charge in [-0.1, -0.05) is 25.9 Å². The van der Waals surface area contributed by atoms with Crippen molar-refractivity contribution in [1.82, 2.24) is 15.1 Å². The van der Waals surface area contributed by atoms with E-state index in [1.54, 1.807) is 0 Å². The summed E-state index contributed by atoms with van der Waals surface area (Å²) < 4.78 is 42.5. The first-order valence-corrected chi connectivity index (χ1v) is 9.83. The molecule has 0 aliphatic carbocycles. The van der Waals surface area contributed by atoms with Crippen LogP contribution in [0.5, 0.6) is 0 Å². The number of nitrogens with one attached hydrogen (secondary N) is 1. The number of halogens is 3. The Bertz CT molecular complexity index is 918. The van der Waals surface area contributed by atoms with Crippen LogP contribution in [0.4, 0.5) is 24.7 Å². The zero-order valence-electron chi connectivity index (χ0n) is 17.6. The van der Waals surface area contributed by atoms with Gasteiger partial charge in [0.05, 0.1) is 17.9 Å². The molecule has 0 saturated heterocycles. The maximum atomic E-state index is 12.5. The molecular formula is C20H26F3N5O2. The number of pyridine rings is 1. The van der Waals surface area contributed by atoms with Crippen molar-refractivity contribution in [2.45, 2.75) is 66.1 Å². The Labute approximate surface area is 173 Å². The van der Waals surface area contributed by atoms with Crippen LogP contribution >= 0.6 is 0 Å². The van der Waals surface area contributed by atoms with Gasteiger partial charge in [0.2, 0.25) is 11.8 Å². The van der Waals surface area contributed by atoms with Gasteiger partial charge in [-0.2, -0.15) is 18.2 Å². The first-order valence-electron chi connectivity index (χ1n) is 9.83. The highest BCUT2D eigenvalue weighted by Gasteiger charge is 2.31. The second kappa shape index (κ2) is 8.23. The molecule has 7 nitrogen and oxygen atoms in total. The normalized spacial score (nSPS) is 14.6. The van der Waals surface area contributed by atoms with Crippen molar-refractivity contribution in [1.29, 1.82) is 0 Å². The number of anilines is 2. The topological polar surface area (TPSA) is 84.2 Å². The lowest BCUT2D eigenvalue weighted by Gasteiger charge is -2.30. The number of rotatable bonds is 5. The van der Waals surface area contributed by atoms with Crippen molar-refractivity contribution in [3.05, 3.63) is 29.0 Å². The Morgan fingerprint density at radius 3 is 2.67 bits per heavy atom. The van der Waals surface area contributed by atoms with Gasteiger partial charge in [-0.25, -0.2) is 4.98 Å². The molecule has 1 amide bonds. The summed E-state index contributed by atoms with van der Waals surface area (Å²) in [5, 5.41) is 6.31. The predicted octanol–water partition coefficient (Wildman–Crippen LogP) is 4.21. The highest BCUT2D eigenvalue weighted by Crippen LogP contribution is 2.31. The SMILES string of the molecule is Cc1cc2c(nc1NC(=O)CC(C)(C)C)CCCN2Cc1nc(CC(F)(F)F)no1. The van der Waals surface area contributed by atoms with E-state index in [1.807, 2.05) is 38.7 Å². The Hall–Kier alpha value is -2.65. The number of fused-ring (bicyclic) bond motifs is 1. The third kappa shape index (κ3) is 5.93. The van der Waals surface area contributed by atoms with E-state index < -0.39 is 12.6 Å². The van der Waals surface area contributed by atoms with Gasteiger partial charge in [-0.05, 0) is 36.8 Å². The summed E-state index contributed by atoms with van der Waals surface area (Å²) in [6.45, 7) is 8.75. The van der Waals surface area contributed by atoms with Crippen LogP contribution in [-0.4, -0.2) is 33.8 Å². The van der Waals surface area contributed by atoms with Crippen LogP contribution in [0.2, 0.25) is 0 Å². The molecule has 164 valence electrons. The standard InChI is InChI=1S/C20H26F3N5O2/c1-12-8-14-13(24-18(12)26-16(29)10-19(2,3)4)6-5-7-28(14)11-17-25-15(27-30-17)9-20(21,22)23/h8H,5-7,9-11H2,1-4H3,(H,24,26,29). The summed E-state index contributed by atoms with van der Waals surface area (Å²) in [6, 6.07) is 1.93. The van der Waals surface area contributed by atoms with E-state index in [4.69, 9.17) is 4.52 Å². The fourth-order valence-electron chi connectivity index (χ4n) is 3.37. The molecule has 10 heteroatoms. The van der Waals surface area contributed by atoms with Crippen LogP contribution in [0.15, 0.2) is 10.6 Å². The summed E-state index contributed by atoms with van der Waals surface area (Å²) in [5.41, 5.74) is 2.38. The van der Waals surface area contributed by atoms with Gasteiger partial charge in [0.25, 0.3) is 0 Å².